The lowest BCUT2D eigenvalue weighted by molar-refractivity contribution is -0.384. The number of hydrogen-bond acceptors (Lipinski definition) is 4. The number of non-ortho nitro benzene ring substituents is 1. The Morgan fingerprint density at radius 2 is 1.88 bits per heavy atom. The zero-order valence-electron chi connectivity index (χ0n) is 13.5. The Morgan fingerprint density at radius 3 is 2.64 bits per heavy atom. The maximum absolute atomic E-state index is 12.3. The summed E-state index contributed by atoms with van der Waals surface area (Å²) in [6.07, 6.45) is 0.792. The van der Waals surface area contributed by atoms with Gasteiger partial charge in [0.15, 0.2) is 0 Å². The van der Waals surface area contributed by atoms with E-state index in [0.717, 1.165) is 12.0 Å². The highest BCUT2D eigenvalue weighted by molar-refractivity contribution is 5.97. The second kappa shape index (κ2) is 7.12. The summed E-state index contributed by atoms with van der Waals surface area (Å²) in [4.78, 5) is 36.3. The molecule has 7 nitrogen and oxygen atoms in total. The lowest BCUT2D eigenvalue weighted by atomic mass is 10.00. The van der Waals surface area contributed by atoms with E-state index in [1.807, 2.05) is 18.2 Å². The summed E-state index contributed by atoms with van der Waals surface area (Å²) in [5.74, 6) is -0.678. The second-order valence-electron chi connectivity index (χ2n) is 5.82. The van der Waals surface area contributed by atoms with Gasteiger partial charge in [-0.2, -0.15) is 0 Å². The number of hydrogen-bond donors (Lipinski definition) is 1. The Kier molecular flexibility index (Phi) is 4.74. The van der Waals surface area contributed by atoms with Gasteiger partial charge in [0.25, 0.3) is 11.6 Å². The molecule has 0 radical (unpaired) electrons. The lowest BCUT2D eigenvalue weighted by Crippen LogP contribution is -2.42. The van der Waals surface area contributed by atoms with Crippen LogP contribution in [0.25, 0.3) is 0 Å². The minimum absolute atomic E-state index is 0.135. The molecule has 7 heteroatoms. The number of carbonyl (C=O) groups is 2. The minimum atomic E-state index is -0.562. The summed E-state index contributed by atoms with van der Waals surface area (Å²) in [7, 11) is 0. The summed E-state index contributed by atoms with van der Waals surface area (Å²) in [6.45, 7) is 1.01. The standard InChI is InChI=1S/C18H17N3O4/c22-17(20-9-8-13-4-1-2-5-15(13)12-20)11-19-18(23)14-6-3-7-16(10-14)21(24)25/h1-7,10H,8-9,11-12H2,(H,19,23). The van der Waals surface area contributed by atoms with E-state index < -0.39 is 10.8 Å². The Labute approximate surface area is 144 Å². The van der Waals surface area contributed by atoms with Crippen molar-refractivity contribution in [3.05, 3.63) is 75.3 Å². The molecule has 0 aromatic heterocycles. The van der Waals surface area contributed by atoms with Crippen LogP contribution in [0, 0.1) is 10.1 Å². The quantitative estimate of drug-likeness (QED) is 0.680. The van der Waals surface area contributed by atoms with E-state index in [9.17, 15) is 19.7 Å². The van der Waals surface area contributed by atoms with Gasteiger partial charge in [-0.05, 0) is 23.6 Å². The molecule has 0 saturated carbocycles. The van der Waals surface area contributed by atoms with Crippen molar-refractivity contribution >= 4 is 17.5 Å². The third-order valence-electron chi connectivity index (χ3n) is 4.20. The molecule has 0 fully saturated rings. The van der Waals surface area contributed by atoms with Gasteiger partial charge < -0.3 is 10.2 Å². The lowest BCUT2D eigenvalue weighted by Gasteiger charge is -2.29. The van der Waals surface area contributed by atoms with E-state index in [1.165, 1.54) is 29.8 Å². The molecule has 2 aromatic carbocycles. The van der Waals surface area contributed by atoms with Crippen molar-refractivity contribution in [2.45, 2.75) is 13.0 Å². The number of nitrogens with one attached hydrogen (secondary N) is 1. The molecule has 1 aliphatic rings. The molecule has 1 aliphatic heterocycles. The van der Waals surface area contributed by atoms with Crippen LogP contribution in [-0.2, 0) is 17.8 Å². The largest absolute Gasteiger partial charge is 0.343 e. The molecule has 3 rings (SSSR count). The van der Waals surface area contributed by atoms with Crippen LogP contribution in [0.5, 0.6) is 0 Å². The van der Waals surface area contributed by atoms with Gasteiger partial charge in [0, 0.05) is 30.8 Å². The fraction of sp³-hybridized carbons (Fsp3) is 0.222. The number of amides is 2. The van der Waals surface area contributed by atoms with Gasteiger partial charge >= 0.3 is 0 Å². The number of fused-ring (bicyclic) bond motifs is 1. The molecule has 0 aliphatic carbocycles. The van der Waals surface area contributed by atoms with Gasteiger partial charge in [0.2, 0.25) is 5.91 Å². The molecule has 0 unspecified atom stereocenters. The van der Waals surface area contributed by atoms with E-state index in [1.54, 1.807) is 4.90 Å². The number of carbonyl (C=O) groups excluding carboxylic acids is 2. The summed E-state index contributed by atoms with van der Waals surface area (Å²) in [5, 5.41) is 13.3. The molecule has 128 valence electrons. The average Bonchev–Trinajstić information content (AvgIpc) is 2.65. The maximum Gasteiger partial charge on any atom is 0.270 e. The number of benzene rings is 2. The zero-order valence-corrected chi connectivity index (χ0v) is 13.5. The minimum Gasteiger partial charge on any atom is -0.343 e. The smallest absolute Gasteiger partial charge is 0.270 e. The Hall–Kier alpha value is -3.22. The molecule has 2 aromatic rings. The van der Waals surface area contributed by atoms with Gasteiger partial charge in [-0.1, -0.05) is 30.3 Å². The third kappa shape index (κ3) is 3.82. The highest BCUT2D eigenvalue weighted by atomic mass is 16.6. The first-order valence-corrected chi connectivity index (χ1v) is 7.92. The Balaban J connectivity index is 1.58. The molecular weight excluding hydrogens is 322 g/mol. The van der Waals surface area contributed by atoms with Crippen molar-refractivity contribution in [1.82, 2.24) is 10.2 Å². The topological polar surface area (TPSA) is 92.6 Å². The van der Waals surface area contributed by atoms with E-state index in [0.29, 0.717) is 13.1 Å². The second-order valence-corrected chi connectivity index (χ2v) is 5.82. The highest BCUT2D eigenvalue weighted by Gasteiger charge is 2.21. The van der Waals surface area contributed by atoms with Crippen LogP contribution < -0.4 is 5.32 Å². The first-order chi connectivity index (χ1) is 12.0. The fourth-order valence-corrected chi connectivity index (χ4v) is 2.84. The van der Waals surface area contributed by atoms with Gasteiger partial charge in [-0.3, -0.25) is 19.7 Å². The third-order valence-corrected chi connectivity index (χ3v) is 4.20. The van der Waals surface area contributed by atoms with E-state index in [2.05, 4.69) is 11.4 Å². The van der Waals surface area contributed by atoms with Crippen molar-refractivity contribution in [3.63, 3.8) is 0 Å². The van der Waals surface area contributed by atoms with Gasteiger partial charge in [0.05, 0.1) is 11.5 Å². The molecular formula is C18H17N3O4. The zero-order chi connectivity index (χ0) is 17.8. The molecule has 0 spiro atoms. The molecule has 0 bridgehead atoms. The number of nitro benzene ring substituents is 1. The predicted molar refractivity (Wildman–Crippen MR) is 91.0 cm³/mol. The molecule has 0 atom stereocenters. The highest BCUT2D eigenvalue weighted by Crippen LogP contribution is 2.18. The summed E-state index contributed by atoms with van der Waals surface area (Å²) in [6, 6.07) is 13.4. The summed E-state index contributed by atoms with van der Waals surface area (Å²) >= 11 is 0. The maximum atomic E-state index is 12.3. The van der Waals surface area contributed by atoms with Crippen LogP contribution in [0.1, 0.15) is 21.5 Å². The molecule has 1 heterocycles. The number of nitro groups is 1. The van der Waals surface area contributed by atoms with Crippen LogP contribution in [-0.4, -0.2) is 34.7 Å². The summed E-state index contributed by atoms with van der Waals surface area (Å²) < 4.78 is 0. The Morgan fingerprint density at radius 1 is 1.12 bits per heavy atom. The molecule has 2 amide bonds. The monoisotopic (exact) mass is 339 g/mol. The van der Waals surface area contributed by atoms with Crippen LogP contribution in [0.15, 0.2) is 48.5 Å². The van der Waals surface area contributed by atoms with Gasteiger partial charge in [-0.15, -0.1) is 0 Å². The normalized spacial score (nSPS) is 13.0. The van der Waals surface area contributed by atoms with Crippen LogP contribution in [0.2, 0.25) is 0 Å². The molecule has 0 saturated heterocycles. The molecule has 1 N–H and O–H groups in total. The van der Waals surface area contributed by atoms with Crippen LogP contribution >= 0.6 is 0 Å². The van der Waals surface area contributed by atoms with Crippen LogP contribution in [0.3, 0.4) is 0 Å². The molecule has 25 heavy (non-hydrogen) atoms. The van der Waals surface area contributed by atoms with Crippen molar-refractivity contribution in [3.8, 4) is 0 Å². The first-order valence-electron chi connectivity index (χ1n) is 7.92. The fourth-order valence-electron chi connectivity index (χ4n) is 2.84. The number of nitrogens with zero attached hydrogens (tertiary/aromatic N) is 2. The Bertz CT molecular complexity index is 835. The van der Waals surface area contributed by atoms with E-state index >= 15 is 0 Å². The van der Waals surface area contributed by atoms with Crippen molar-refractivity contribution < 1.29 is 14.5 Å². The first kappa shape index (κ1) is 16.6. The van der Waals surface area contributed by atoms with E-state index in [4.69, 9.17) is 0 Å². The van der Waals surface area contributed by atoms with E-state index in [-0.39, 0.29) is 23.7 Å². The van der Waals surface area contributed by atoms with Crippen LogP contribution in [0.4, 0.5) is 5.69 Å². The van der Waals surface area contributed by atoms with Crippen molar-refractivity contribution in [1.29, 1.82) is 0 Å². The van der Waals surface area contributed by atoms with Crippen molar-refractivity contribution in [2.24, 2.45) is 0 Å². The predicted octanol–water partition coefficient (Wildman–Crippen LogP) is 1.91. The van der Waals surface area contributed by atoms with Gasteiger partial charge in [0.1, 0.15) is 0 Å². The van der Waals surface area contributed by atoms with Crippen molar-refractivity contribution in [2.75, 3.05) is 13.1 Å². The average molecular weight is 339 g/mol. The summed E-state index contributed by atoms with van der Waals surface area (Å²) in [5.41, 5.74) is 2.36. The number of rotatable bonds is 4. The SMILES string of the molecule is O=C(NCC(=O)N1CCc2ccccc2C1)c1cccc([N+](=O)[O-])c1. The van der Waals surface area contributed by atoms with Gasteiger partial charge in [-0.25, -0.2) is 0 Å².